The van der Waals surface area contributed by atoms with Crippen LogP contribution < -0.4 is 5.32 Å². The van der Waals surface area contributed by atoms with Gasteiger partial charge >= 0.3 is 0 Å². The molecular weight excluding hydrogens is 254 g/mol. The number of rotatable bonds is 16. The van der Waals surface area contributed by atoms with Crippen molar-refractivity contribution >= 4 is 0 Å². The van der Waals surface area contributed by atoms with Crippen molar-refractivity contribution in [3.05, 3.63) is 0 Å². The van der Waals surface area contributed by atoms with Crippen LogP contribution in [0, 0.1) is 5.92 Å². The van der Waals surface area contributed by atoms with Crippen LogP contribution in [0.3, 0.4) is 0 Å². The van der Waals surface area contributed by atoms with Gasteiger partial charge in [0.1, 0.15) is 0 Å². The van der Waals surface area contributed by atoms with Crippen LogP contribution >= 0.6 is 0 Å². The number of hydrogen-bond donors (Lipinski definition) is 1. The summed E-state index contributed by atoms with van der Waals surface area (Å²) in [5, 5.41) is 3.74. The molecule has 0 rings (SSSR count). The van der Waals surface area contributed by atoms with E-state index in [0.717, 1.165) is 18.5 Å². The largest absolute Gasteiger partial charge is 0.314 e. The smallest absolute Gasteiger partial charge is 0.00695 e. The predicted octanol–water partition coefficient (Wildman–Crippen LogP) is 6.71. The highest BCUT2D eigenvalue weighted by Crippen LogP contribution is 2.21. The predicted molar refractivity (Wildman–Crippen MR) is 98.0 cm³/mol. The van der Waals surface area contributed by atoms with E-state index in [4.69, 9.17) is 0 Å². The summed E-state index contributed by atoms with van der Waals surface area (Å²) in [5.41, 5.74) is 0. The van der Waals surface area contributed by atoms with Crippen LogP contribution in [-0.4, -0.2) is 12.6 Å². The maximum atomic E-state index is 3.74. The minimum absolute atomic E-state index is 0.771. The van der Waals surface area contributed by atoms with Gasteiger partial charge in [0.15, 0.2) is 0 Å². The SMILES string of the molecule is CCCCCCCCCC(CC(CC)CCCC)NCC. The summed E-state index contributed by atoms with van der Waals surface area (Å²) in [4.78, 5) is 0. The van der Waals surface area contributed by atoms with Crippen LogP contribution in [0.25, 0.3) is 0 Å². The average molecular weight is 298 g/mol. The molecule has 0 radical (unpaired) electrons. The molecule has 0 saturated carbocycles. The Morgan fingerprint density at radius 3 is 1.86 bits per heavy atom. The lowest BCUT2D eigenvalue weighted by Crippen LogP contribution is -2.31. The molecule has 0 aliphatic heterocycles. The molecule has 128 valence electrons. The Bertz CT molecular complexity index is 190. The number of unbranched alkanes of at least 4 members (excludes halogenated alkanes) is 7. The van der Waals surface area contributed by atoms with Crippen molar-refractivity contribution < 1.29 is 0 Å². The zero-order chi connectivity index (χ0) is 15.8. The molecule has 0 aromatic rings. The maximum Gasteiger partial charge on any atom is 0.00695 e. The topological polar surface area (TPSA) is 12.0 Å². The van der Waals surface area contributed by atoms with Gasteiger partial charge in [-0.25, -0.2) is 0 Å². The van der Waals surface area contributed by atoms with Crippen LogP contribution in [0.2, 0.25) is 0 Å². The second-order valence-corrected chi connectivity index (χ2v) is 6.82. The minimum Gasteiger partial charge on any atom is -0.314 e. The van der Waals surface area contributed by atoms with Gasteiger partial charge in [0, 0.05) is 6.04 Å². The molecule has 0 aliphatic rings. The zero-order valence-corrected chi connectivity index (χ0v) is 15.6. The molecule has 1 heteroatoms. The van der Waals surface area contributed by atoms with E-state index in [0.29, 0.717) is 0 Å². The van der Waals surface area contributed by atoms with E-state index >= 15 is 0 Å². The summed E-state index contributed by atoms with van der Waals surface area (Å²) in [6, 6.07) is 0.771. The summed E-state index contributed by atoms with van der Waals surface area (Å²) < 4.78 is 0. The second-order valence-electron chi connectivity index (χ2n) is 6.82. The fourth-order valence-electron chi connectivity index (χ4n) is 3.32. The first-order valence-electron chi connectivity index (χ1n) is 10.0. The highest BCUT2D eigenvalue weighted by Gasteiger charge is 2.14. The molecule has 0 fully saturated rings. The quantitative estimate of drug-likeness (QED) is 0.312. The third-order valence-corrected chi connectivity index (χ3v) is 4.81. The molecule has 0 bridgehead atoms. The summed E-state index contributed by atoms with van der Waals surface area (Å²) >= 11 is 0. The average Bonchev–Trinajstić information content (AvgIpc) is 2.50. The fourth-order valence-corrected chi connectivity index (χ4v) is 3.32. The Morgan fingerprint density at radius 2 is 1.29 bits per heavy atom. The molecule has 0 spiro atoms. The van der Waals surface area contributed by atoms with Gasteiger partial charge < -0.3 is 5.32 Å². The van der Waals surface area contributed by atoms with Gasteiger partial charge in [0.25, 0.3) is 0 Å². The van der Waals surface area contributed by atoms with E-state index in [1.54, 1.807) is 0 Å². The zero-order valence-electron chi connectivity index (χ0n) is 15.6. The van der Waals surface area contributed by atoms with Crippen LogP contribution in [-0.2, 0) is 0 Å². The third-order valence-electron chi connectivity index (χ3n) is 4.81. The van der Waals surface area contributed by atoms with E-state index in [1.165, 1.54) is 83.5 Å². The molecule has 1 nitrogen and oxygen atoms in total. The molecule has 0 aromatic heterocycles. The lowest BCUT2D eigenvalue weighted by Gasteiger charge is -2.23. The normalized spacial score (nSPS) is 14.3. The van der Waals surface area contributed by atoms with Crippen LogP contribution in [0.5, 0.6) is 0 Å². The first-order valence-corrected chi connectivity index (χ1v) is 10.0. The van der Waals surface area contributed by atoms with E-state index in [9.17, 15) is 0 Å². The fraction of sp³-hybridized carbons (Fsp3) is 1.00. The highest BCUT2D eigenvalue weighted by molar-refractivity contribution is 4.71. The van der Waals surface area contributed by atoms with Gasteiger partial charge in [0.2, 0.25) is 0 Å². The minimum atomic E-state index is 0.771. The van der Waals surface area contributed by atoms with Gasteiger partial charge in [0.05, 0.1) is 0 Å². The van der Waals surface area contributed by atoms with Gasteiger partial charge in [-0.15, -0.1) is 0 Å². The first-order chi connectivity index (χ1) is 10.3. The Kier molecular flexibility index (Phi) is 16.3. The van der Waals surface area contributed by atoms with Crippen molar-refractivity contribution in [2.24, 2.45) is 5.92 Å². The van der Waals surface area contributed by atoms with Crippen LogP contribution in [0.15, 0.2) is 0 Å². The first kappa shape index (κ1) is 21.0. The molecule has 1 N–H and O–H groups in total. The molecule has 2 atom stereocenters. The molecular formula is C20H43N. The Morgan fingerprint density at radius 1 is 0.667 bits per heavy atom. The summed E-state index contributed by atoms with van der Waals surface area (Å²) in [6.07, 6.45) is 18.4. The van der Waals surface area contributed by atoms with Crippen molar-refractivity contribution in [1.29, 1.82) is 0 Å². The third kappa shape index (κ3) is 13.4. The molecule has 0 amide bonds. The monoisotopic (exact) mass is 297 g/mol. The Labute approximate surface area is 135 Å². The molecule has 0 heterocycles. The summed E-state index contributed by atoms with van der Waals surface area (Å²) in [5.74, 6) is 0.943. The van der Waals surface area contributed by atoms with E-state index in [1.807, 2.05) is 0 Å². The Balaban J connectivity index is 3.78. The second kappa shape index (κ2) is 16.3. The van der Waals surface area contributed by atoms with Crippen molar-refractivity contribution in [1.82, 2.24) is 5.32 Å². The number of nitrogens with one attached hydrogen (secondary N) is 1. The Hall–Kier alpha value is -0.0400. The molecule has 2 unspecified atom stereocenters. The van der Waals surface area contributed by atoms with Crippen LogP contribution in [0.1, 0.15) is 111 Å². The van der Waals surface area contributed by atoms with Crippen molar-refractivity contribution in [3.8, 4) is 0 Å². The molecule has 0 saturated heterocycles. The number of hydrogen-bond acceptors (Lipinski definition) is 1. The van der Waals surface area contributed by atoms with Gasteiger partial charge in [-0.1, -0.05) is 98.3 Å². The summed E-state index contributed by atoms with van der Waals surface area (Å²) in [7, 11) is 0. The van der Waals surface area contributed by atoms with Gasteiger partial charge in [-0.2, -0.15) is 0 Å². The lowest BCUT2D eigenvalue weighted by atomic mass is 9.90. The maximum absolute atomic E-state index is 3.74. The van der Waals surface area contributed by atoms with Crippen molar-refractivity contribution in [2.45, 2.75) is 117 Å². The van der Waals surface area contributed by atoms with E-state index in [-0.39, 0.29) is 0 Å². The van der Waals surface area contributed by atoms with Crippen molar-refractivity contribution in [2.75, 3.05) is 6.54 Å². The van der Waals surface area contributed by atoms with Crippen molar-refractivity contribution in [3.63, 3.8) is 0 Å². The molecule has 21 heavy (non-hydrogen) atoms. The van der Waals surface area contributed by atoms with E-state index in [2.05, 4.69) is 33.0 Å². The standard InChI is InChI=1S/C20H43N/c1-5-9-11-12-13-14-15-17-20(21-8-4)18-19(7-3)16-10-6-2/h19-21H,5-18H2,1-4H3. The molecule has 0 aromatic carbocycles. The van der Waals surface area contributed by atoms with Crippen LogP contribution in [0.4, 0.5) is 0 Å². The van der Waals surface area contributed by atoms with E-state index < -0.39 is 0 Å². The highest BCUT2D eigenvalue weighted by atomic mass is 14.9. The van der Waals surface area contributed by atoms with Gasteiger partial charge in [-0.3, -0.25) is 0 Å². The van der Waals surface area contributed by atoms with Gasteiger partial charge in [-0.05, 0) is 25.3 Å². The molecule has 0 aliphatic carbocycles. The summed E-state index contributed by atoms with van der Waals surface area (Å²) in [6.45, 7) is 10.4. The lowest BCUT2D eigenvalue weighted by molar-refractivity contribution is 0.334.